The van der Waals surface area contributed by atoms with Crippen LogP contribution in [0.25, 0.3) is 0 Å². The molecule has 1 saturated heterocycles. The highest BCUT2D eigenvalue weighted by atomic mass is 19.4. The molecule has 108 valence electrons. The second-order valence-electron chi connectivity index (χ2n) is 5.05. The number of nitrogens with zero attached hydrogens (tertiary/aromatic N) is 1. The average Bonchev–Trinajstić information content (AvgIpc) is 2.39. The minimum absolute atomic E-state index is 0.0182. The molecule has 1 aromatic carbocycles. The van der Waals surface area contributed by atoms with E-state index in [1.165, 1.54) is 6.07 Å². The topological polar surface area (TPSA) is 44.4 Å². The van der Waals surface area contributed by atoms with Gasteiger partial charge in [-0.2, -0.15) is 13.2 Å². The summed E-state index contributed by atoms with van der Waals surface area (Å²) in [6.07, 6.45) is -4.85. The molecule has 0 bridgehead atoms. The molecule has 4 nitrogen and oxygen atoms in total. The van der Waals surface area contributed by atoms with Gasteiger partial charge in [-0.1, -0.05) is 6.07 Å². The Kier molecular flexibility index (Phi) is 2.89. The maximum Gasteiger partial charge on any atom is 0.417 e. The second-order valence-corrected chi connectivity index (χ2v) is 5.05. The van der Waals surface area contributed by atoms with Crippen molar-refractivity contribution in [1.29, 1.82) is 0 Å². The highest BCUT2D eigenvalue weighted by Crippen LogP contribution is 2.38. The molecule has 0 radical (unpaired) electrons. The average molecular weight is 285 g/mol. The van der Waals surface area contributed by atoms with Crippen LogP contribution >= 0.6 is 0 Å². The third-order valence-electron chi connectivity index (χ3n) is 3.79. The summed E-state index contributed by atoms with van der Waals surface area (Å²) in [6.45, 7) is 3.13. The van der Waals surface area contributed by atoms with Gasteiger partial charge in [0.25, 0.3) is 5.91 Å². The Balaban J connectivity index is 2.14. The number of hydrogen-bond donors (Lipinski definition) is 2. The van der Waals surface area contributed by atoms with Gasteiger partial charge in [0.05, 0.1) is 16.8 Å². The van der Waals surface area contributed by atoms with Crippen LogP contribution in [0.2, 0.25) is 0 Å². The van der Waals surface area contributed by atoms with E-state index in [1.807, 2.05) is 11.8 Å². The lowest BCUT2D eigenvalue weighted by Gasteiger charge is -2.46. The molecule has 0 saturated carbocycles. The number of carbonyl (C=O) groups is 1. The first-order valence-corrected chi connectivity index (χ1v) is 6.40. The summed E-state index contributed by atoms with van der Waals surface area (Å²) in [5.74, 6) is -0.662. The number of halogens is 3. The minimum Gasteiger partial charge on any atom is -0.348 e. The van der Waals surface area contributed by atoms with E-state index < -0.39 is 17.6 Å². The van der Waals surface area contributed by atoms with Crippen LogP contribution in [0, 0.1) is 0 Å². The van der Waals surface area contributed by atoms with Gasteiger partial charge < -0.3 is 15.5 Å². The summed E-state index contributed by atoms with van der Waals surface area (Å²) >= 11 is 0. The lowest BCUT2D eigenvalue weighted by atomic mass is 9.97. The van der Waals surface area contributed by atoms with Crippen molar-refractivity contribution < 1.29 is 18.0 Å². The highest BCUT2D eigenvalue weighted by Gasteiger charge is 2.42. The fourth-order valence-corrected chi connectivity index (χ4v) is 2.87. The van der Waals surface area contributed by atoms with Gasteiger partial charge in [0, 0.05) is 19.1 Å². The van der Waals surface area contributed by atoms with E-state index in [1.54, 1.807) is 6.07 Å². The third kappa shape index (κ3) is 1.93. The van der Waals surface area contributed by atoms with Crippen molar-refractivity contribution in [2.24, 2.45) is 0 Å². The molecule has 0 aromatic heterocycles. The van der Waals surface area contributed by atoms with Gasteiger partial charge in [-0.05, 0) is 19.1 Å². The summed E-state index contributed by atoms with van der Waals surface area (Å²) in [4.78, 5) is 13.9. The zero-order valence-corrected chi connectivity index (χ0v) is 10.8. The summed E-state index contributed by atoms with van der Waals surface area (Å²) in [5.41, 5.74) is -0.788. The van der Waals surface area contributed by atoms with Gasteiger partial charge in [0.2, 0.25) is 0 Å². The van der Waals surface area contributed by atoms with Crippen LogP contribution < -0.4 is 15.5 Å². The molecule has 20 heavy (non-hydrogen) atoms. The Morgan fingerprint density at radius 2 is 2.10 bits per heavy atom. The minimum atomic E-state index is -4.53. The Morgan fingerprint density at radius 1 is 1.35 bits per heavy atom. The van der Waals surface area contributed by atoms with Gasteiger partial charge in [0.1, 0.15) is 6.17 Å². The third-order valence-corrected chi connectivity index (χ3v) is 3.79. The Morgan fingerprint density at radius 3 is 2.80 bits per heavy atom. The standard InChI is InChI=1S/C13H14F3N3O/c1-7-11-18-12(20)10-8(13(14,15)16)3-2-4-9(10)19(11)6-5-17-7/h2-4,7,11,17H,5-6H2,1H3,(H,18,20)/t7-,11-/m1/s1. The first-order chi connectivity index (χ1) is 9.39. The van der Waals surface area contributed by atoms with Gasteiger partial charge in [-0.3, -0.25) is 4.79 Å². The van der Waals surface area contributed by atoms with Gasteiger partial charge in [-0.25, -0.2) is 0 Å². The Labute approximate surface area is 113 Å². The zero-order valence-electron chi connectivity index (χ0n) is 10.8. The molecule has 2 heterocycles. The van der Waals surface area contributed by atoms with Crippen molar-refractivity contribution in [3.63, 3.8) is 0 Å². The number of alkyl halides is 3. The van der Waals surface area contributed by atoms with E-state index in [0.717, 1.165) is 6.07 Å². The smallest absolute Gasteiger partial charge is 0.348 e. The van der Waals surface area contributed by atoms with Crippen molar-refractivity contribution in [2.75, 3.05) is 18.0 Å². The number of fused-ring (bicyclic) bond motifs is 3. The van der Waals surface area contributed by atoms with Crippen LogP contribution in [-0.2, 0) is 6.18 Å². The number of anilines is 1. The molecule has 1 amide bonds. The number of hydrogen-bond acceptors (Lipinski definition) is 3. The van der Waals surface area contributed by atoms with Crippen LogP contribution in [0.5, 0.6) is 0 Å². The van der Waals surface area contributed by atoms with E-state index >= 15 is 0 Å². The maximum absolute atomic E-state index is 13.0. The molecular weight excluding hydrogens is 271 g/mol. The summed E-state index contributed by atoms with van der Waals surface area (Å²) in [7, 11) is 0. The van der Waals surface area contributed by atoms with Crippen LogP contribution in [0.4, 0.5) is 18.9 Å². The molecule has 2 atom stereocenters. The molecule has 2 N–H and O–H groups in total. The van der Waals surface area contributed by atoms with Crippen molar-refractivity contribution in [3.05, 3.63) is 29.3 Å². The lowest BCUT2D eigenvalue weighted by Crippen LogP contribution is -2.66. The van der Waals surface area contributed by atoms with E-state index in [0.29, 0.717) is 18.8 Å². The van der Waals surface area contributed by atoms with Gasteiger partial charge in [0.15, 0.2) is 0 Å². The molecule has 7 heteroatoms. The van der Waals surface area contributed by atoms with Crippen LogP contribution in [-0.4, -0.2) is 31.2 Å². The SMILES string of the molecule is C[C@H]1NCCN2c3cccc(C(F)(F)F)c3C(=O)N[C@@H]12. The largest absolute Gasteiger partial charge is 0.417 e. The summed E-state index contributed by atoms with van der Waals surface area (Å²) in [5, 5.41) is 5.86. The molecule has 0 spiro atoms. The van der Waals surface area contributed by atoms with Crippen molar-refractivity contribution in [2.45, 2.75) is 25.3 Å². The van der Waals surface area contributed by atoms with Crippen LogP contribution in [0.3, 0.4) is 0 Å². The number of amides is 1. The molecule has 2 aliphatic rings. The molecule has 2 aliphatic heterocycles. The number of nitrogens with one attached hydrogen (secondary N) is 2. The molecule has 0 unspecified atom stereocenters. The Hall–Kier alpha value is -1.76. The van der Waals surface area contributed by atoms with Crippen molar-refractivity contribution >= 4 is 11.6 Å². The van der Waals surface area contributed by atoms with E-state index in [2.05, 4.69) is 10.6 Å². The molecule has 3 rings (SSSR count). The number of benzene rings is 1. The van der Waals surface area contributed by atoms with Gasteiger partial charge >= 0.3 is 6.18 Å². The Bertz CT molecular complexity index is 558. The predicted molar refractivity (Wildman–Crippen MR) is 67.5 cm³/mol. The second kappa shape index (κ2) is 4.37. The first kappa shape index (κ1) is 13.2. The summed E-state index contributed by atoms with van der Waals surface area (Å²) < 4.78 is 39.1. The molecule has 1 aromatic rings. The van der Waals surface area contributed by atoms with Crippen LogP contribution in [0.1, 0.15) is 22.8 Å². The highest BCUT2D eigenvalue weighted by molar-refractivity contribution is 6.03. The van der Waals surface area contributed by atoms with Gasteiger partial charge in [-0.15, -0.1) is 0 Å². The first-order valence-electron chi connectivity index (χ1n) is 6.40. The molecule has 1 fully saturated rings. The number of piperazine rings is 1. The number of rotatable bonds is 0. The maximum atomic E-state index is 13.0. The van der Waals surface area contributed by atoms with Crippen molar-refractivity contribution in [3.8, 4) is 0 Å². The number of carbonyl (C=O) groups excluding carboxylic acids is 1. The lowest BCUT2D eigenvalue weighted by molar-refractivity contribution is -0.138. The predicted octanol–water partition coefficient (Wildman–Crippen LogP) is 1.57. The van der Waals surface area contributed by atoms with Crippen molar-refractivity contribution in [1.82, 2.24) is 10.6 Å². The zero-order chi connectivity index (χ0) is 14.5. The molecule has 0 aliphatic carbocycles. The monoisotopic (exact) mass is 285 g/mol. The fraction of sp³-hybridized carbons (Fsp3) is 0.462. The van der Waals surface area contributed by atoms with E-state index in [4.69, 9.17) is 0 Å². The quantitative estimate of drug-likeness (QED) is 0.760. The van der Waals surface area contributed by atoms with E-state index in [-0.39, 0.29) is 17.8 Å². The van der Waals surface area contributed by atoms with Crippen LogP contribution in [0.15, 0.2) is 18.2 Å². The molecular formula is C13H14F3N3O. The van der Waals surface area contributed by atoms with E-state index in [9.17, 15) is 18.0 Å². The fourth-order valence-electron chi connectivity index (χ4n) is 2.87. The summed E-state index contributed by atoms with van der Waals surface area (Å²) in [6, 6.07) is 3.86. The normalized spacial score (nSPS) is 25.8.